The van der Waals surface area contributed by atoms with Crippen LogP contribution in [0.3, 0.4) is 0 Å². The van der Waals surface area contributed by atoms with Gasteiger partial charge in [-0.05, 0) is 50.3 Å². The van der Waals surface area contributed by atoms with Gasteiger partial charge in [0.2, 0.25) is 5.96 Å². The van der Waals surface area contributed by atoms with Crippen molar-refractivity contribution in [2.75, 3.05) is 52.8 Å². The van der Waals surface area contributed by atoms with E-state index < -0.39 is 6.67 Å². The Bertz CT molecular complexity index is 979. The Balaban J connectivity index is 0.00000316. The number of anilines is 2. The van der Waals surface area contributed by atoms with Crippen LogP contribution in [0.5, 0.6) is 0 Å². The van der Waals surface area contributed by atoms with E-state index in [2.05, 4.69) is 60.7 Å². The van der Waals surface area contributed by atoms with Crippen molar-refractivity contribution in [2.45, 2.75) is 19.9 Å². The van der Waals surface area contributed by atoms with Gasteiger partial charge in [0.15, 0.2) is 0 Å². The molecule has 0 radical (unpaired) electrons. The summed E-state index contributed by atoms with van der Waals surface area (Å²) >= 11 is 0. The van der Waals surface area contributed by atoms with Crippen LogP contribution < -0.4 is 10.7 Å². The van der Waals surface area contributed by atoms with Gasteiger partial charge in [-0.25, -0.2) is 9.82 Å². The van der Waals surface area contributed by atoms with Gasteiger partial charge >= 0.3 is 0 Å². The predicted octanol–water partition coefficient (Wildman–Crippen LogP) is 3.12. The first-order valence-corrected chi connectivity index (χ1v) is 11.5. The Morgan fingerprint density at radius 3 is 2.33 bits per heavy atom. The fourth-order valence-electron chi connectivity index (χ4n) is 3.13. The van der Waals surface area contributed by atoms with Crippen LogP contribution in [0.1, 0.15) is 24.6 Å². The largest absolute Gasteiger partial charge is 0.395 e. The maximum Gasteiger partial charge on any atom is 0.240 e. The number of aliphatic hydroxyl groups is 1. The molecule has 0 aliphatic rings. The first kappa shape index (κ1) is 30.2. The zero-order chi connectivity index (χ0) is 26.8. The SMILES string of the molecule is C#C.CCCN(CCO)/C(CF)=N/C(=NC)N/N=C/c1ccc(Nc2ccc(CN(C)C)cc2)cn1. The third-order valence-corrected chi connectivity index (χ3v) is 4.68. The van der Waals surface area contributed by atoms with Crippen molar-refractivity contribution < 1.29 is 9.50 Å². The summed E-state index contributed by atoms with van der Waals surface area (Å²) < 4.78 is 13.5. The summed E-state index contributed by atoms with van der Waals surface area (Å²) in [5, 5.41) is 16.6. The molecule has 194 valence electrons. The van der Waals surface area contributed by atoms with E-state index in [1.54, 1.807) is 18.1 Å². The Morgan fingerprint density at radius 1 is 1.11 bits per heavy atom. The summed E-state index contributed by atoms with van der Waals surface area (Å²) in [6, 6.07) is 12.0. The lowest BCUT2D eigenvalue weighted by molar-refractivity contribution is 0.246. The minimum absolute atomic E-state index is 0.0819. The molecule has 0 unspecified atom stereocenters. The highest BCUT2D eigenvalue weighted by Crippen LogP contribution is 2.17. The molecule has 3 N–H and O–H groups in total. The molecule has 2 aromatic rings. The minimum Gasteiger partial charge on any atom is -0.395 e. The minimum atomic E-state index is -0.765. The van der Waals surface area contributed by atoms with E-state index in [1.807, 2.05) is 45.3 Å². The van der Waals surface area contributed by atoms with Crippen LogP contribution in [0.25, 0.3) is 0 Å². The van der Waals surface area contributed by atoms with Gasteiger partial charge in [-0.2, -0.15) is 10.1 Å². The number of hydrazone groups is 1. The fraction of sp³-hybridized carbons (Fsp3) is 0.385. The van der Waals surface area contributed by atoms with E-state index in [-0.39, 0.29) is 18.4 Å². The first-order chi connectivity index (χ1) is 17.5. The number of aliphatic hydroxyl groups excluding tert-OH is 1. The number of guanidine groups is 1. The maximum atomic E-state index is 13.5. The topological polar surface area (TPSA) is 101 Å². The van der Waals surface area contributed by atoms with E-state index in [1.165, 1.54) is 11.8 Å². The third kappa shape index (κ3) is 11.1. The number of hydrogen-bond acceptors (Lipinski definition) is 6. The number of aliphatic imine (C=N–C) groups is 2. The summed E-state index contributed by atoms with van der Waals surface area (Å²) in [7, 11) is 5.63. The molecular formula is C26H37FN8O. The predicted molar refractivity (Wildman–Crippen MR) is 148 cm³/mol. The molecule has 1 aromatic heterocycles. The van der Waals surface area contributed by atoms with Crippen LogP contribution in [0.15, 0.2) is 57.7 Å². The molecule has 10 heteroatoms. The van der Waals surface area contributed by atoms with Gasteiger partial charge in [-0.15, -0.1) is 12.8 Å². The molecule has 0 saturated carbocycles. The van der Waals surface area contributed by atoms with Gasteiger partial charge in [0.25, 0.3) is 0 Å². The van der Waals surface area contributed by atoms with E-state index in [0.717, 1.165) is 24.3 Å². The number of nitrogens with zero attached hydrogens (tertiary/aromatic N) is 6. The second-order valence-corrected chi connectivity index (χ2v) is 7.82. The molecule has 1 heterocycles. The summed E-state index contributed by atoms with van der Waals surface area (Å²) in [6.45, 7) is 2.93. The normalized spacial score (nSPS) is 11.8. The van der Waals surface area contributed by atoms with Gasteiger partial charge in [0.1, 0.15) is 12.5 Å². The van der Waals surface area contributed by atoms with Crippen LogP contribution >= 0.6 is 0 Å². The van der Waals surface area contributed by atoms with Crippen molar-refractivity contribution in [1.29, 1.82) is 0 Å². The molecule has 0 fully saturated rings. The first-order valence-electron chi connectivity index (χ1n) is 11.5. The highest BCUT2D eigenvalue weighted by atomic mass is 19.1. The Morgan fingerprint density at radius 2 is 1.81 bits per heavy atom. The molecule has 1 aromatic carbocycles. The summed E-state index contributed by atoms with van der Waals surface area (Å²) in [6.07, 6.45) is 12.1. The number of halogens is 1. The third-order valence-electron chi connectivity index (χ3n) is 4.68. The van der Waals surface area contributed by atoms with Gasteiger partial charge in [-0.3, -0.25) is 9.98 Å². The zero-order valence-corrected chi connectivity index (χ0v) is 21.5. The van der Waals surface area contributed by atoms with Crippen LogP contribution in [0, 0.1) is 12.8 Å². The number of rotatable bonds is 11. The van der Waals surface area contributed by atoms with Crippen molar-refractivity contribution >= 4 is 29.4 Å². The monoisotopic (exact) mass is 496 g/mol. The molecule has 0 spiro atoms. The van der Waals surface area contributed by atoms with Gasteiger partial charge in [-0.1, -0.05) is 19.1 Å². The lowest BCUT2D eigenvalue weighted by atomic mass is 10.2. The molecule has 2 rings (SSSR count). The summed E-state index contributed by atoms with van der Waals surface area (Å²) in [4.78, 5) is 16.4. The van der Waals surface area contributed by atoms with Gasteiger partial charge in [0, 0.05) is 32.4 Å². The van der Waals surface area contributed by atoms with Gasteiger partial charge in [0.05, 0.1) is 30.4 Å². The highest BCUT2D eigenvalue weighted by molar-refractivity contribution is 5.96. The standard InChI is InChI=1S/C24H35FN8O.C2H2/c1-5-12-33(13-14-34)23(15-25)30-24(26-2)31-28-17-21-10-11-22(16-27-21)29-20-8-6-19(7-9-20)18-32(3)4;1-2/h6-11,16-17,29,34H,5,12-15,18H2,1-4H3,(H,26,31);1-2H/b28-17+,30-23+;. The molecule has 0 aliphatic heterocycles. The van der Waals surface area contributed by atoms with Crippen LogP contribution in [0.2, 0.25) is 0 Å². The van der Waals surface area contributed by atoms with Crippen molar-refractivity contribution in [3.8, 4) is 12.8 Å². The smallest absolute Gasteiger partial charge is 0.240 e. The number of amidine groups is 1. The molecule has 0 saturated heterocycles. The van der Waals surface area contributed by atoms with E-state index in [0.29, 0.717) is 18.8 Å². The van der Waals surface area contributed by atoms with Crippen molar-refractivity contribution in [2.24, 2.45) is 15.1 Å². The number of hydrogen-bond donors (Lipinski definition) is 3. The van der Waals surface area contributed by atoms with Crippen LogP contribution in [-0.2, 0) is 6.54 Å². The van der Waals surface area contributed by atoms with Gasteiger partial charge < -0.3 is 20.2 Å². The summed E-state index contributed by atoms with van der Waals surface area (Å²) in [5.41, 5.74) is 6.44. The number of alkyl halides is 1. The zero-order valence-electron chi connectivity index (χ0n) is 21.5. The lowest BCUT2D eigenvalue weighted by Gasteiger charge is -2.23. The Hall–Kier alpha value is -3.81. The van der Waals surface area contributed by atoms with Crippen LogP contribution in [0.4, 0.5) is 15.8 Å². The number of benzene rings is 1. The Kier molecular flexibility index (Phi) is 14.8. The quantitative estimate of drug-likeness (QED) is 0.191. The number of pyridine rings is 1. The molecule has 0 bridgehead atoms. The molecule has 0 atom stereocenters. The molecule has 36 heavy (non-hydrogen) atoms. The number of nitrogens with one attached hydrogen (secondary N) is 2. The lowest BCUT2D eigenvalue weighted by Crippen LogP contribution is -2.37. The van der Waals surface area contributed by atoms with Crippen molar-refractivity contribution in [3.05, 3.63) is 53.9 Å². The molecule has 9 nitrogen and oxygen atoms in total. The highest BCUT2D eigenvalue weighted by Gasteiger charge is 2.11. The number of aromatic nitrogens is 1. The maximum absolute atomic E-state index is 13.5. The molecule has 0 aliphatic carbocycles. The van der Waals surface area contributed by atoms with Crippen molar-refractivity contribution in [3.63, 3.8) is 0 Å². The van der Waals surface area contributed by atoms with Crippen LogP contribution in [-0.4, -0.2) is 85.4 Å². The van der Waals surface area contributed by atoms with Crippen molar-refractivity contribution in [1.82, 2.24) is 20.2 Å². The average Bonchev–Trinajstić information content (AvgIpc) is 2.89. The summed E-state index contributed by atoms with van der Waals surface area (Å²) in [5.74, 6) is 0.362. The second kappa shape index (κ2) is 17.6. The van der Waals surface area contributed by atoms with E-state index >= 15 is 0 Å². The average molecular weight is 497 g/mol. The molecule has 0 amide bonds. The second-order valence-electron chi connectivity index (χ2n) is 7.82. The number of terminal acetylenes is 1. The fourth-order valence-corrected chi connectivity index (χ4v) is 3.13. The Labute approximate surface area is 213 Å². The van der Waals surface area contributed by atoms with E-state index in [4.69, 9.17) is 0 Å². The molecular weight excluding hydrogens is 459 g/mol. The van der Waals surface area contributed by atoms with E-state index in [9.17, 15) is 9.50 Å².